The molecule has 2 unspecified atom stereocenters. The Morgan fingerprint density at radius 1 is 0.974 bits per heavy atom. The third-order valence-electron chi connectivity index (χ3n) is 7.23. The van der Waals surface area contributed by atoms with E-state index in [9.17, 15) is 31.1 Å². The number of nitrogens with one attached hydrogen (secondary N) is 1. The van der Waals surface area contributed by atoms with Crippen molar-refractivity contribution < 1.29 is 35.9 Å². The molecule has 0 spiro atoms. The highest BCUT2D eigenvalue weighted by Crippen LogP contribution is 2.38. The van der Waals surface area contributed by atoms with E-state index in [2.05, 4.69) is 14.9 Å². The Morgan fingerprint density at radius 2 is 1.67 bits per heavy atom. The first-order valence-electron chi connectivity index (χ1n) is 12.5. The quantitative estimate of drug-likeness (QED) is 0.374. The molecule has 0 radical (unpaired) electrons. The molecule has 5 rings (SSSR count). The fourth-order valence-corrected chi connectivity index (χ4v) is 5.23. The highest BCUT2D eigenvalue weighted by molar-refractivity contribution is 5.75. The Kier molecular flexibility index (Phi) is 7.21. The fraction of sp³-hybridized carbons (Fsp3) is 0.407. The van der Waals surface area contributed by atoms with Gasteiger partial charge in [-0.05, 0) is 42.3 Å². The Balaban J connectivity index is 1.39. The highest BCUT2D eigenvalue weighted by atomic mass is 19.4. The molecule has 1 N–H and O–H groups in total. The van der Waals surface area contributed by atoms with Gasteiger partial charge >= 0.3 is 12.4 Å². The minimum atomic E-state index is -4.81. The van der Waals surface area contributed by atoms with E-state index >= 15 is 0 Å². The van der Waals surface area contributed by atoms with Crippen LogP contribution in [0.25, 0.3) is 11.3 Å². The Hall–Kier alpha value is -3.70. The van der Waals surface area contributed by atoms with Gasteiger partial charge in [0.2, 0.25) is 0 Å². The molecule has 208 valence electrons. The van der Waals surface area contributed by atoms with Crippen LogP contribution in [0.4, 0.5) is 31.1 Å². The summed E-state index contributed by atoms with van der Waals surface area (Å²) in [6.07, 6.45) is -5.08. The van der Waals surface area contributed by atoms with Crippen molar-refractivity contribution in [1.29, 1.82) is 0 Å². The average Bonchev–Trinajstić information content (AvgIpc) is 3.38. The molecule has 2 saturated heterocycles. The van der Waals surface area contributed by atoms with E-state index < -0.39 is 30.9 Å². The van der Waals surface area contributed by atoms with Gasteiger partial charge in [-0.25, -0.2) is 18.0 Å². The minimum Gasteiger partial charge on any atom is -0.406 e. The fourth-order valence-electron chi connectivity index (χ4n) is 5.23. The van der Waals surface area contributed by atoms with Crippen molar-refractivity contribution in [1.82, 2.24) is 20.0 Å². The van der Waals surface area contributed by atoms with E-state index in [0.717, 1.165) is 0 Å². The topological polar surface area (TPSA) is 61.5 Å². The summed E-state index contributed by atoms with van der Waals surface area (Å²) < 4.78 is 82.9. The maximum absolute atomic E-state index is 13.7. The monoisotopic (exact) mass is 552 g/mol. The molecular formula is C27H26F6N4O2. The van der Waals surface area contributed by atoms with Gasteiger partial charge in [-0.2, -0.15) is 5.10 Å². The summed E-state index contributed by atoms with van der Waals surface area (Å²) >= 11 is 0. The molecule has 1 aromatic heterocycles. The first kappa shape index (κ1) is 26.9. The number of halogens is 6. The lowest BCUT2D eigenvalue weighted by molar-refractivity contribution is -0.274. The van der Waals surface area contributed by atoms with Gasteiger partial charge in [0, 0.05) is 62.1 Å². The molecule has 39 heavy (non-hydrogen) atoms. The van der Waals surface area contributed by atoms with Gasteiger partial charge in [-0.15, -0.1) is 13.2 Å². The van der Waals surface area contributed by atoms with E-state index in [1.54, 1.807) is 23.1 Å². The van der Waals surface area contributed by atoms with Crippen LogP contribution in [0.2, 0.25) is 0 Å². The number of likely N-dealkylation sites (tertiary alicyclic amines) is 2. The number of rotatable bonds is 4. The number of hydrogen-bond acceptors (Lipinski definition) is 3. The molecule has 3 aromatic rings. The van der Waals surface area contributed by atoms with Crippen LogP contribution in [0, 0.1) is 5.82 Å². The summed E-state index contributed by atoms with van der Waals surface area (Å²) in [6.45, 7) is 0.443. The number of benzene rings is 2. The Bertz CT molecular complexity index is 1300. The van der Waals surface area contributed by atoms with Crippen LogP contribution in [0.1, 0.15) is 42.4 Å². The molecule has 2 atom stereocenters. The van der Waals surface area contributed by atoms with Gasteiger partial charge in [0.05, 0.1) is 5.69 Å². The number of urea groups is 1. The molecule has 3 heterocycles. The van der Waals surface area contributed by atoms with Crippen molar-refractivity contribution in [3.8, 4) is 17.0 Å². The van der Waals surface area contributed by atoms with Crippen molar-refractivity contribution in [2.75, 3.05) is 26.2 Å². The number of aromatic amines is 1. The third kappa shape index (κ3) is 6.48. The predicted molar refractivity (Wildman–Crippen MR) is 130 cm³/mol. The lowest BCUT2D eigenvalue weighted by atomic mass is 9.83. The van der Waals surface area contributed by atoms with Crippen molar-refractivity contribution in [2.45, 2.75) is 43.4 Å². The Labute approximate surface area is 220 Å². The van der Waals surface area contributed by atoms with Crippen molar-refractivity contribution in [3.63, 3.8) is 0 Å². The van der Waals surface area contributed by atoms with Crippen molar-refractivity contribution in [3.05, 3.63) is 71.7 Å². The van der Waals surface area contributed by atoms with Gasteiger partial charge in [-0.1, -0.05) is 24.3 Å². The van der Waals surface area contributed by atoms with E-state index in [1.807, 2.05) is 0 Å². The van der Waals surface area contributed by atoms with Gasteiger partial charge in [0.25, 0.3) is 5.92 Å². The molecule has 2 fully saturated rings. The van der Waals surface area contributed by atoms with Crippen LogP contribution in [-0.4, -0.2) is 64.5 Å². The number of piperidine rings is 2. The predicted octanol–water partition coefficient (Wildman–Crippen LogP) is 6.54. The molecule has 12 heteroatoms. The van der Waals surface area contributed by atoms with E-state index in [4.69, 9.17) is 0 Å². The smallest absolute Gasteiger partial charge is 0.406 e. The maximum atomic E-state index is 13.7. The zero-order valence-electron chi connectivity index (χ0n) is 20.7. The second kappa shape index (κ2) is 10.5. The second-order valence-electron chi connectivity index (χ2n) is 10.00. The maximum Gasteiger partial charge on any atom is 0.573 e. The average molecular weight is 553 g/mol. The molecule has 2 aliphatic rings. The summed E-state index contributed by atoms with van der Waals surface area (Å²) in [5, 5.41) is 7.29. The molecule has 6 nitrogen and oxygen atoms in total. The first-order chi connectivity index (χ1) is 18.5. The number of amides is 2. The standard InChI is InChI=1S/C27H26F6N4O2/c28-21-3-1-2-18(13-21)23-14-24(35-34-23)20-12-19(17-4-6-22(7-5-17)39-27(31,32)33)15-37(16-20)25(38)36-10-8-26(29,30)9-11-36/h1-7,13-14,19-20H,8-12,15-16H2,(H,34,35). The van der Waals surface area contributed by atoms with Crippen LogP contribution in [0.3, 0.4) is 0 Å². The normalized spacial score (nSPS) is 21.6. The van der Waals surface area contributed by atoms with Crippen LogP contribution >= 0.6 is 0 Å². The van der Waals surface area contributed by atoms with E-state index in [0.29, 0.717) is 35.5 Å². The number of alkyl halides is 5. The largest absolute Gasteiger partial charge is 0.573 e. The minimum absolute atomic E-state index is 0.0606. The zero-order valence-corrected chi connectivity index (χ0v) is 20.7. The summed E-state index contributed by atoms with van der Waals surface area (Å²) in [6, 6.07) is 12.9. The molecule has 0 aliphatic carbocycles. The van der Waals surface area contributed by atoms with Gasteiger partial charge in [-0.3, -0.25) is 5.10 Å². The number of carbonyl (C=O) groups excluding carboxylic acids is 1. The van der Waals surface area contributed by atoms with E-state index in [1.165, 1.54) is 41.3 Å². The lowest BCUT2D eigenvalue weighted by Crippen LogP contribution is -2.52. The highest BCUT2D eigenvalue weighted by Gasteiger charge is 2.39. The zero-order chi connectivity index (χ0) is 27.8. The van der Waals surface area contributed by atoms with Gasteiger partial charge in [0.1, 0.15) is 11.6 Å². The van der Waals surface area contributed by atoms with Crippen LogP contribution in [0.5, 0.6) is 5.75 Å². The van der Waals surface area contributed by atoms with E-state index in [-0.39, 0.29) is 43.3 Å². The van der Waals surface area contributed by atoms with Crippen LogP contribution in [-0.2, 0) is 0 Å². The summed E-state index contributed by atoms with van der Waals surface area (Å²) in [7, 11) is 0. The second-order valence-corrected chi connectivity index (χ2v) is 10.00. The molecule has 2 amide bonds. The van der Waals surface area contributed by atoms with Gasteiger partial charge in [0.15, 0.2) is 0 Å². The number of hydrogen-bond donors (Lipinski definition) is 1. The van der Waals surface area contributed by atoms with Crippen molar-refractivity contribution >= 4 is 6.03 Å². The molecule has 0 saturated carbocycles. The first-order valence-corrected chi connectivity index (χ1v) is 12.5. The number of aromatic nitrogens is 2. The summed E-state index contributed by atoms with van der Waals surface area (Å²) in [5.74, 6) is -4.04. The van der Waals surface area contributed by atoms with Crippen LogP contribution in [0.15, 0.2) is 54.6 Å². The molecule has 2 aromatic carbocycles. The number of ether oxygens (including phenoxy) is 1. The third-order valence-corrected chi connectivity index (χ3v) is 7.23. The number of H-pyrrole nitrogens is 1. The molecular weight excluding hydrogens is 526 g/mol. The summed E-state index contributed by atoms with van der Waals surface area (Å²) in [4.78, 5) is 16.4. The SMILES string of the molecule is O=C(N1CCC(F)(F)CC1)N1CC(c2ccc(OC(F)(F)F)cc2)CC(c2cc(-c3cccc(F)c3)n[nH]2)C1. The number of nitrogens with zero attached hydrogens (tertiary/aromatic N) is 3. The van der Waals surface area contributed by atoms with Crippen LogP contribution < -0.4 is 4.74 Å². The molecule has 2 aliphatic heterocycles. The number of carbonyl (C=O) groups is 1. The Morgan fingerprint density at radius 3 is 2.33 bits per heavy atom. The summed E-state index contributed by atoms with van der Waals surface area (Å²) in [5.41, 5.74) is 2.52. The van der Waals surface area contributed by atoms with Gasteiger partial charge < -0.3 is 14.5 Å². The molecule has 0 bridgehead atoms. The van der Waals surface area contributed by atoms with Crippen molar-refractivity contribution in [2.24, 2.45) is 0 Å². The lowest BCUT2D eigenvalue weighted by Gasteiger charge is -2.41.